The summed E-state index contributed by atoms with van der Waals surface area (Å²) in [6, 6.07) is 3.03. The van der Waals surface area contributed by atoms with Gasteiger partial charge in [-0.1, -0.05) is 11.8 Å². The van der Waals surface area contributed by atoms with Gasteiger partial charge in [-0.05, 0) is 31.0 Å². The van der Waals surface area contributed by atoms with E-state index in [4.69, 9.17) is 4.42 Å². The van der Waals surface area contributed by atoms with Gasteiger partial charge in [0, 0.05) is 6.42 Å². The average Bonchev–Trinajstić information content (AvgIpc) is 3.10. The summed E-state index contributed by atoms with van der Waals surface area (Å²) in [6.07, 6.45) is -2.55. The molecule has 2 heterocycles. The van der Waals surface area contributed by atoms with E-state index in [1.165, 1.54) is 6.07 Å². The number of thioether (sulfide) groups is 1. The number of aliphatic hydroxyl groups is 2. The fourth-order valence-electron chi connectivity index (χ4n) is 3.38. The number of aliphatic hydroxyl groups excluding tert-OH is 1. The van der Waals surface area contributed by atoms with E-state index in [0.29, 0.717) is 5.56 Å². The van der Waals surface area contributed by atoms with Gasteiger partial charge in [-0.3, -0.25) is 4.79 Å². The third kappa shape index (κ3) is 3.59. The van der Waals surface area contributed by atoms with Crippen LogP contribution in [0.4, 0.5) is 0 Å². The van der Waals surface area contributed by atoms with Crippen molar-refractivity contribution in [2.45, 2.75) is 41.8 Å². The highest BCUT2D eigenvalue weighted by molar-refractivity contribution is 8.00. The van der Waals surface area contributed by atoms with Crippen molar-refractivity contribution in [1.82, 2.24) is 0 Å². The SMILES string of the molecule is COC(=O)[C@H](O)C[C@@](O)(C(=O)OC)[C@@H]1Cc2c(oc3cc(C)cc(O)c3c2=O)S1. The molecule has 0 saturated carbocycles. The third-order valence-electron chi connectivity index (χ3n) is 4.86. The Bertz CT molecular complexity index is 1040. The van der Waals surface area contributed by atoms with Gasteiger partial charge in [-0.15, -0.1) is 0 Å². The summed E-state index contributed by atoms with van der Waals surface area (Å²) >= 11 is 0.926. The minimum Gasteiger partial charge on any atom is -0.507 e. The monoisotopic (exact) mass is 424 g/mol. The van der Waals surface area contributed by atoms with Crippen molar-refractivity contribution in [3.8, 4) is 5.75 Å². The van der Waals surface area contributed by atoms with Gasteiger partial charge in [0.15, 0.2) is 16.8 Å². The molecule has 0 unspecified atom stereocenters. The summed E-state index contributed by atoms with van der Waals surface area (Å²) in [7, 11) is 2.12. The zero-order chi connectivity index (χ0) is 21.5. The summed E-state index contributed by atoms with van der Waals surface area (Å²) < 4.78 is 14.9. The van der Waals surface area contributed by atoms with E-state index in [1.54, 1.807) is 13.0 Å². The summed E-state index contributed by atoms with van der Waals surface area (Å²) in [4.78, 5) is 36.8. The van der Waals surface area contributed by atoms with Crippen LogP contribution in [0, 0.1) is 6.92 Å². The molecule has 3 atom stereocenters. The molecule has 9 nitrogen and oxygen atoms in total. The Kier molecular flexibility index (Phi) is 5.61. The molecule has 2 aromatic rings. The molecule has 0 saturated heterocycles. The quantitative estimate of drug-likeness (QED) is 0.585. The van der Waals surface area contributed by atoms with Crippen molar-refractivity contribution in [3.05, 3.63) is 33.5 Å². The number of carbonyl (C=O) groups excluding carboxylic acids is 2. The number of aromatic hydroxyl groups is 1. The van der Waals surface area contributed by atoms with Crippen LogP contribution >= 0.6 is 11.8 Å². The van der Waals surface area contributed by atoms with E-state index in [9.17, 15) is 29.7 Å². The molecular formula is C19H20O9S. The maximum atomic E-state index is 12.9. The summed E-state index contributed by atoms with van der Waals surface area (Å²) in [5.41, 5.74) is -1.73. The Morgan fingerprint density at radius 1 is 1.34 bits per heavy atom. The zero-order valence-electron chi connectivity index (χ0n) is 15.9. The Hall–Kier alpha value is -2.56. The molecule has 0 bridgehead atoms. The highest BCUT2D eigenvalue weighted by Gasteiger charge is 2.51. The molecule has 3 rings (SSSR count). The van der Waals surface area contributed by atoms with Crippen LogP contribution in [0.15, 0.2) is 26.4 Å². The van der Waals surface area contributed by atoms with Crippen molar-refractivity contribution >= 4 is 34.7 Å². The van der Waals surface area contributed by atoms with E-state index >= 15 is 0 Å². The average molecular weight is 424 g/mol. The third-order valence-corrected chi connectivity index (χ3v) is 6.25. The fraction of sp³-hybridized carbons (Fsp3) is 0.421. The van der Waals surface area contributed by atoms with Gasteiger partial charge >= 0.3 is 11.9 Å². The Labute approximate surface area is 169 Å². The number of esters is 2. The summed E-state index contributed by atoms with van der Waals surface area (Å²) in [5, 5.41) is 30.4. The lowest BCUT2D eigenvalue weighted by atomic mass is 9.88. The lowest BCUT2D eigenvalue weighted by molar-refractivity contribution is -0.169. The van der Waals surface area contributed by atoms with Crippen molar-refractivity contribution in [1.29, 1.82) is 0 Å². The van der Waals surface area contributed by atoms with E-state index in [2.05, 4.69) is 9.47 Å². The number of methoxy groups -OCH3 is 2. The molecule has 0 fully saturated rings. The van der Waals surface area contributed by atoms with Gasteiger partial charge in [-0.25, -0.2) is 9.59 Å². The fourth-order valence-corrected chi connectivity index (χ4v) is 4.73. The van der Waals surface area contributed by atoms with E-state index < -0.39 is 40.7 Å². The van der Waals surface area contributed by atoms with Gasteiger partial charge in [0.1, 0.15) is 16.7 Å². The predicted octanol–water partition coefficient (Wildman–Crippen LogP) is 0.652. The molecule has 29 heavy (non-hydrogen) atoms. The molecule has 0 aliphatic carbocycles. The Morgan fingerprint density at radius 3 is 2.66 bits per heavy atom. The number of aryl methyl sites for hydroxylation is 1. The number of hydrogen-bond donors (Lipinski definition) is 3. The first-order valence-electron chi connectivity index (χ1n) is 8.65. The first kappa shape index (κ1) is 21.2. The molecule has 1 aliphatic rings. The van der Waals surface area contributed by atoms with Crippen molar-refractivity contribution < 1.29 is 38.8 Å². The first-order chi connectivity index (χ1) is 13.6. The second-order valence-corrected chi connectivity index (χ2v) is 8.00. The minimum absolute atomic E-state index is 0.00630. The largest absolute Gasteiger partial charge is 0.507 e. The lowest BCUT2D eigenvalue weighted by Crippen LogP contribution is -2.52. The molecule has 0 spiro atoms. The molecule has 1 aromatic carbocycles. The molecular weight excluding hydrogens is 404 g/mol. The van der Waals surface area contributed by atoms with E-state index in [-0.39, 0.29) is 33.8 Å². The maximum absolute atomic E-state index is 12.9. The topological polar surface area (TPSA) is 144 Å². The van der Waals surface area contributed by atoms with Crippen LogP contribution < -0.4 is 5.43 Å². The number of fused-ring (bicyclic) bond motifs is 2. The maximum Gasteiger partial charge on any atom is 0.339 e. The van der Waals surface area contributed by atoms with E-state index in [1.807, 2.05) is 0 Å². The van der Waals surface area contributed by atoms with Crippen molar-refractivity contribution in [2.75, 3.05) is 14.2 Å². The van der Waals surface area contributed by atoms with Crippen LogP contribution in [-0.2, 0) is 25.5 Å². The number of ether oxygens (including phenoxy) is 2. The van der Waals surface area contributed by atoms with Gasteiger partial charge in [-0.2, -0.15) is 0 Å². The Balaban J connectivity index is 2.04. The van der Waals surface area contributed by atoms with Gasteiger partial charge in [0.25, 0.3) is 0 Å². The zero-order valence-corrected chi connectivity index (χ0v) is 16.7. The van der Waals surface area contributed by atoms with Crippen molar-refractivity contribution in [3.63, 3.8) is 0 Å². The minimum atomic E-state index is -2.29. The van der Waals surface area contributed by atoms with Gasteiger partial charge in [0.05, 0.1) is 25.0 Å². The molecule has 156 valence electrons. The van der Waals surface area contributed by atoms with E-state index in [0.717, 1.165) is 26.0 Å². The normalized spacial score (nSPS) is 18.7. The van der Waals surface area contributed by atoms with Crippen LogP contribution in [0.2, 0.25) is 0 Å². The number of hydrogen-bond acceptors (Lipinski definition) is 10. The van der Waals surface area contributed by atoms with Crippen LogP contribution in [0.3, 0.4) is 0 Å². The van der Waals surface area contributed by atoms with Crippen molar-refractivity contribution in [2.24, 2.45) is 0 Å². The predicted molar refractivity (Wildman–Crippen MR) is 102 cm³/mol. The summed E-state index contributed by atoms with van der Waals surface area (Å²) in [6.45, 7) is 1.73. The molecule has 1 aromatic heterocycles. The van der Waals surface area contributed by atoms with Crippen LogP contribution in [0.5, 0.6) is 5.75 Å². The molecule has 3 N–H and O–H groups in total. The highest BCUT2D eigenvalue weighted by atomic mass is 32.2. The van der Waals surface area contributed by atoms with Crippen LogP contribution in [0.1, 0.15) is 17.5 Å². The first-order valence-corrected chi connectivity index (χ1v) is 9.53. The summed E-state index contributed by atoms with van der Waals surface area (Å²) in [5.74, 6) is -2.32. The lowest BCUT2D eigenvalue weighted by Gasteiger charge is -2.31. The van der Waals surface area contributed by atoms with Crippen LogP contribution in [-0.4, -0.2) is 58.4 Å². The molecule has 0 radical (unpaired) electrons. The molecule has 1 aliphatic heterocycles. The number of phenols is 1. The number of rotatable bonds is 5. The van der Waals surface area contributed by atoms with Gasteiger partial charge < -0.3 is 29.2 Å². The smallest absolute Gasteiger partial charge is 0.339 e. The number of carbonyl (C=O) groups is 2. The Morgan fingerprint density at radius 2 is 2.03 bits per heavy atom. The second-order valence-electron chi connectivity index (χ2n) is 6.82. The number of benzene rings is 1. The highest BCUT2D eigenvalue weighted by Crippen LogP contribution is 2.44. The molecule has 10 heteroatoms. The second kappa shape index (κ2) is 7.69. The number of phenolic OH excluding ortho intramolecular Hbond substituents is 1. The van der Waals surface area contributed by atoms with Crippen LogP contribution in [0.25, 0.3) is 11.0 Å². The molecule has 0 amide bonds. The van der Waals surface area contributed by atoms with Gasteiger partial charge in [0.2, 0.25) is 5.43 Å². The standard InChI is InChI=1S/C19H20O9S/c1-8-4-10(20)14-12(5-8)28-17-9(15(14)22)6-13(29-17)19(25,18(24)27-3)7-11(21)16(23)26-2/h4-5,11,13,20-21,25H,6-7H2,1-3H3/t11-,13+,19+/m1/s1.